The van der Waals surface area contributed by atoms with E-state index in [1.165, 1.54) is 29.2 Å². The number of carbonyl (C=O) groups is 2. The summed E-state index contributed by atoms with van der Waals surface area (Å²) in [5.41, 5.74) is 4.56. The van der Waals surface area contributed by atoms with Crippen molar-refractivity contribution in [2.24, 2.45) is 11.1 Å². The van der Waals surface area contributed by atoms with Gasteiger partial charge in [0, 0.05) is 5.69 Å². The minimum absolute atomic E-state index is 0.150. The number of hydrogen-bond acceptors (Lipinski definition) is 3. The third kappa shape index (κ3) is 2.72. The second-order valence-electron chi connectivity index (χ2n) is 7.05. The summed E-state index contributed by atoms with van der Waals surface area (Å²) in [6.45, 7) is 1.77. The van der Waals surface area contributed by atoms with Gasteiger partial charge in [-0.15, -0.1) is 0 Å². The highest BCUT2D eigenvalue weighted by atomic mass is 19.1. The Bertz CT molecular complexity index is 632. The highest BCUT2D eigenvalue weighted by Crippen LogP contribution is 2.50. The van der Waals surface area contributed by atoms with E-state index in [2.05, 4.69) is 0 Å². The molecule has 1 atom stereocenters. The fraction of sp³-hybridized carbons (Fsp3) is 0.529. The van der Waals surface area contributed by atoms with E-state index in [1.807, 2.05) is 0 Å². The van der Waals surface area contributed by atoms with Gasteiger partial charge in [-0.2, -0.15) is 0 Å². The predicted octanol–water partition coefficient (Wildman–Crippen LogP) is 1.73. The first-order chi connectivity index (χ1) is 10.7. The maximum absolute atomic E-state index is 13.1. The average Bonchev–Trinajstić information content (AvgIpc) is 2.78. The molecule has 2 amide bonds. The highest BCUT2D eigenvalue weighted by molar-refractivity contribution is 6.06. The number of carbonyl (C=O) groups excluding carboxylic acids is 2. The monoisotopic (exact) mass is 320 g/mol. The van der Waals surface area contributed by atoms with Crippen molar-refractivity contribution in [3.05, 3.63) is 30.1 Å². The Morgan fingerprint density at radius 2 is 1.83 bits per heavy atom. The molecule has 1 aliphatic carbocycles. The van der Waals surface area contributed by atoms with Crippen LogP contribution in [0.5, 0.6) is 0 Å². The van der Waals surface area contributed by atoms with Gasteiger partial charge in [0.2, 0.25) is 11.8 Å². The second-order valence-corrected chi connectivity index (χ2v) is 7.05. The summed E-state index contributed by atoms with van der Waals surface area (Å²) in [7, 11) is 0. The molecule has 124 valence electrons. The van der Waals surface area contributed by atoms with Gasteiger partial charge in [0.1, 0.15) is 11.9 Å². The van der Waals surface area contributed by atoms with E-state index in [0.29, 0.717) is 37.8 Å². The lowest BCUT2D eigenvalue weighted by Crippen LogP contribution is -2.44. The van der Waals surface area contributed by atoms with Gasteiger partial charge in [0.05, 0.1) is 11.0 Å². The Kier molecular flexibility index (Phi) is 3.67. The van der Waals surface area contributed by atoms with Gasteiger partial charge in [0.15, 0.2) is 0 Å². The average molecular weight is 320 g/mol. The normalized spacial score (nSPS) is 34.1. The van der Waals surface area contributed by atoms with Crippen LogP contribution < -0.4 is 10.6 Å². The van der Waals surface area contributed by atoms with Crippen LogP contribution in [0, 0.1) is 11.2 Å². The van der Waals surface area contributed by atoms with Crippen molar-refractivity contribution in [3.63, 3.8) is 0 Å². The number of amides is 2. The van der Waals surface area contributed by atoms with Crippen LogP contribution in [0.3, 0.4) is 0 Å². The first-order valence-corrected chi connectivity index (χ1v) is 7.85. The molecule has 1 saturated heterocycles. The molecule has 23 heavy (non-hydrogen) atoms. The van der Waals surface area contributed by atoms with E-state index in [0.717, 1.165) is 0 Å². The lowest BCUT2D eigenvalue weighted by molar-refractivity contribution is -0.130. The van der Waals surface area contributed by atoms with E-state index in [4.69, 9.17) is 5.73 Å². The number of hydrogen-bond donors (Lipinski definition) is 2. The van der Waals surface area contributed by atoms with Gasteiger partial charge in [-0.1, -0.05) is 0 Å². The molecular formula is C17H21FN2O3. The minimum atomic E-state index is -0.767. The van der Waals surface area contributed by atoms with Crippen LogP contribution in [0.15, 0.2) is 24.3 Å². The number of aliphatic hydroxyl groups is 1. The summed E-state index contributed by atoms with van der Waals surface area (Å²) in [6.07, 6.45) is 2.44. The van der Waals surface area contributed by atoms with E-state index < -0.39 is 28.8 Å². The maximum Gasteiger partial charge on any atom is 0.240 e. The summed E-state index contributed by atoms with van der Waals surface area (Å²) < 4.78 is 13.1. The molecule has 1 saturated carbocycles. The predicted molar refractivity (Wildman–Crippen MR) is 83.0 cm³/mol. The van der Waals surface area contributed by atoms with Crippen molar-refractivity contribution < 1.29 is 19.1 Å². The molecular weight excluding hydrogens is 299 g/mol. The van der Waals surface area contributed by atoms with Gasteiger partial charge in [-0.3, -0.25) is 14.5 Å². The number of anilines is 1. The molecule has 3 N–H and O–H groups in total. The molecule has 1 aliphatic heterocycles. The fourth-order valence-electron chi connectivity index (χ4n) is 3.76. The number of benzene rings is 1. The Balaban J connectivity index is 1.94. The Hall–Kier alpha value is -1.95. The van der Waals surface area contributed by atoms with E-state index in [1.54, 1.807) is 6.92 Å². The number of nitrogens with zero attached hydrogens (tertiary/aromatic N) is 1. The highest BCUT2D eigenvalue weighted by Gasteiger charge is 2.55. The standard InChI is InChI=1S/C17H21FN2O3/c1-16(23)6-8-17(9-7-16)10-13(14(19)21)20(15(17)22)12-4-2-11(18)3-5-12/h2-5,13,23H,6-10H2,1H3,(H2,19,21). The topological polar surface area (TPSA) is 83.6 Å². The fourth-order valence-corrected chi connectivity index (χ4v) is 3.76. The van der Waals surface area contributed by atoms with Crippen LogP contribution in [-0.2, 0) is 9.59 Å². The Morgan fingerprint density at radius 1 is 1.26 bits per heavy atom. The molecule has 0 bridgehead atoms. The summed E-state index contributed by atoms with van der Waals surface area (Å²) in [5.74, 6) is -1.11. The first kappa shape index (κ1) is 15.9. The van der Waals surface area contributed by atoms with Crippen molar-refractivity contribution in [2.45, 2.75) is 50.7 Å². The molecule has 1 heterocycles. The number of primary amides is 1. The lowest BCUT2D eigenvalue weighted by Gasteiger charge is -2.38. The molecule has 1 spiro atoms. The zero-order chi connectivity index (χ0) is 16.8. The van der Waals surface area contributed by atoms with Gasteiger partial charge in [-0.05, 0) is 63.3 Å². The quantitative estimate of drug-likeness (QED) is 0.870. The number of rotatable bonds is 2. The summed E-state index contributed by atoms with van der Waals surface area (Å²) in [5, 5.41) is 10.1. The van der Waals surface area contributed by atoms with Crippen molar-refractivity contribution in [1.82, 2.24) is 0 Å². The minimum Gasteiger partial charge on any atom is -0.390 e. The third-order valence-electron chi connectivity index (χ3n) is 5.29. The van der Waals surface area contributed by atoms with E-state index in [-0.39, 0.29) is 5.91 Å². The summed E-state index contributed by atoms with van der Waals surface area (Å²) in [4.78, 5) is 26.3. The van der Waals surface area contributed by atoms with Crippen molar-refractivity contribution >= 4 is 17.5 Å². The molecule has 0 radical (unpaired) electrons. The molecule has 1 aromatic rings. The van der Waals surface area contributed by atoms with Crippen LogP contribution in [0.4, 0.5) is 10.1 Å². The largest absolute Gasteiger partial charge is 0.390 e. The van der Waals surface area contributed by atoms with Gasteiger partial charge < -0.3 is 10.8 Å². The van der Waals surface area contributed by atoms with Crippen LogP contribution >= 0.6 is 0 Å². The van der Waals surface area contributed by atoms with Crippen LogP contribution in [0.25, 0.3) is 0 Å². The zero-order valence-corrected chi connectivity index (χ0v) is 13.1. The van der Waals surface area contributed by atoms with Crippen molar-refractivity contribution in [1.29, 1.82) is 0 Å². The van der Waals surface area contributed by atoms with Crippen molar-refractivity contribution in [3.8, 4) is 0 Å². The molecule has 6 heteroatoms. The summed E-state index contributed by atoms with van der Waals surface area (Å²) in [6, 6.07) is 4.77. The molecule has 1 aromatic carbocycles. The number of halogens is 1. The van der Waals surface area contributed by atoms with Crippen LogP contribution in [-0.4, -0.2) is 28.6 Å². The lowest BCUT2D eigenvalue weighted by atomic mass is 9.67. The third-order valence-corrected chi connectivity index (χ3v) is 5.29. The van der Waals surface area contributed by atoms with Crippen molar-refractivity contribution in [2.75, 3.05) is 4.90 Å². The van der Waals surface area contributed by atoms with Gasteiger partial charge in [0.25, 0.3) is 0 Å². The zero-order valence-electron chi connectivity index (χ0n) is 13.1. The second kappa shape index (κ2) is 5.30. The maximum atomic E-state index is 13.1. The van der Waals surface area contributed by atoms with Crippen LogP contribution in [0.1, 0.15) is 39.0 Å². The van der Waals surface area contributed by atoms with Gasteiger partial charge >= 0.3 is 0 Å². The molecule has 3 rings (SSSR count). The smallest absolute Gasteiger partial charge is 0.240 e. The molecule has 5 nitrogen and oxygen atoms in total. The number of nitrogens with two attached hydrogens (primary N) is 1. The summed E-state index contributed by atoms with van der Waals surface area (Å²) >= 11 is 0. The molecule has 2 fully saturated rings. The van der Waals surface area contributed by atoms with E-state index in [9.17, 15) is 19.1 Å². The molecule has 0 aromatic heterocycles. The Labute approximate surface area is 134 Å². The molecule has 1 unspecified atom stereocenters. The van der Waals surface area contributed by atoms with Gasteiger partial charge in [-0.25, -0.2) is 4.39 Å². The van der Waals surface area contributed by atoms with E-state index >= 15 is 0 Å². The Morgan fingerprint density at radius 3 is 2.35 bits per heavy atom. The molecule has 2 aliphatic rings. The SMILES string of the molecule is CC1(O)CCC2(CC1)CC(C(N)=O)N(c1ccc(F)cc1)C2=O. The van der Waals surface area contributed by atoms with Crippen LogP contribution in [0.2, 0.25) is 0 Å². The first-order valence-electron chi connectivity index (χ1n) is 7.85.